The molecule has 2 rings (SSSR count). The molecule has 1 unspecified atom stereocenters. The Labute approximate surface area is 108 Å². The fourth-order valence-electron chi connectivity index (χ4n) is 2.36. The van der Waals surface area contributed by atoms with Crippen molar-refractivity contribution in [2.45, 2.75) is 64.8 Å². The summed E-state index contributed by atoms with van der Waals surface area (Å²) in [5.74, 6) is 1.76. The van der Waals surface area contributed by atoms with Crippen LogP contribution in [0.5, 0.6) is 0 Å². The van der Waals surface area contributed by atoms with Crippen LogP contribution in [0, 0.1) is 5.92 Å². The van der Waals surface area contributed by atoms with E-state index in [0.717, 1.165) is 16.9 Å². The molecule has 0 aromatic carbocycles. The Morgan fingerprint density at radius 3 is 2.47 bits per heavy atom. The summed E-state index contributed by atoms with van der Waals surface area (Å²) in [5, 5.41) is 4.50. The molecule has 1 aromatic heterocycles. The van der Waals surface area contributed by atoms with E-state index in [-0.39, 0.29) is 5.41 Å². The minimum Gasteiger partial charge on any atom is -0.358 e. The highest BCUT2D eigenvalue weighted by Gasteiger charge is 2.24. The van der Waals surface area contributed by atoms with Gasteiger partial charge >= 0.3 is 0 Å². The van der Waals surface area contributed by atoms with Crippen molar-refractivity contribution in [1.82, 2.24) is 9.36 Å². The Balaban J connectivity index is 1.96. The zero-order chi connectivity index (χ0) is 12.5. The fraction of sp³-hybridized carbons (Fsp3) is 0.846. The van der Waals surface area contributed by atoms with E-state index < -0.39 is 0 Å². The summed E-state index contributed by atoms with van der Waals surface area (Å²) < 4.78 is 4.44. The monoisotopic (exact) mass is 253 g/mol. The van der Waals surface area contributed by atoms with Gasteiger partial charge in [0, 0.05) is 23.0 Å². The smallest absolute Gasteiger partial charge is 0.202 e. The van der Waals surface area contributed by atoms with Crippen LogP contribution in [-0.4, -0.2) is 15.4 Å². The molecule has 1 atom stereocenters. The first-order valence-corrected chi connectivity index (χ1v) is 7.35. The fourth-order valence-corrected chi connectivity index (χ4v) is 3.21. The highest BCUT2D eigenvalue weighted by molar-refractivity contribution is 7.09. The van der Waals surface area contributed by atoms with Crippen molar-refractivity contribution in [2.24, 2.45) is 5.92 Å². The molecule has 1 aliphatic rings. The third kappa shape index (κ3) is 3.18. The Morgan fingerprint density at radius 2 is 1.94 bits per heavy atom. The summed E-state index contributed by atoms with van der Waals surface area (Å²) in [5.41, 5.74) is 0.0486. The quantitative estimate of drug-likeness (QED) is 0.889. The van der Waals surface area contributed by atoms with Gasteiger partial charge in [0.25, 0.3) is 0 Å². The molecule has 0 amide bonds. The number of hydrogen-bond acceptors (Lipinski definition) is 4. The lowest BCUT2D eigenvalue weighted by Gasteiger charge is -2.19. The van der Waals surface area contributed by atoms with Gasteiger partial charge in [0.2, 0.25) is 5.13 Å². The van der Waals surface area contributed by atoms with E-state index in [4.69, 9.17) is 0 Å². The molecule has 1 aliphatic carbocycles. The lowest BCUT2D eigenvalue weighted by molar-refractivity contribution is 0.481. The van der Waals surface area contributed by atoms with Crippen molar-refractivity contribution in [3.8, 4) is 0 Å². The van der Waals surface area contributed by atoms with Gasteiger partial charge in [0.1, 0.15) is 5.82 Å². The largest absolute Gasteiger partial charge is 0.358 e. The summed E-state index contributed by atoms with van der Waals surface area (Å²) >= 11 is 1.49. The summed E-state index contributed by atoms with van der Waals surface area (Å²) in [6.45, 7) is 8.73. The van der Waals surface area contributed by atoms with Crippen LogP contribution in [0.3, 0.4) is 0 Å². The SMILES string of the molecule is CC(Nc1nc(C(C)(C)C)ns1)C1CCCC1. The molecule has 1 heterocycles. The van der Waals surface area contributed by atoms with Gasteiger partial charge in [-0.25, -0.2) is 4.98 Å². The van der Waals surface area contributed by atoms with Crippen LogP contribution in [0.15, 0.2) is 0 Å². The van der Waals surface area contributed by atoms with Crippen molar-refractivity contribution in [1.29, 1.82) is 0 Å². The predicted molar refractivity (Wildman–Crippen MR) is 73.7 cm³/mol. The third-order valence-corrected chi connectivity index (χ3v) is 4.20. The van der Waals surface area contributed by atoms with E-state index in [9.17, 15) is 0 Å². The number of rotatable bonds is 3. The Hall–Kier alpha value is -0.640. The molecule has 3 nitrogen and oxygen atoms in total. The number of anilines is 1. The van der Waals surface area contributed by atoms with Gasteiger partial charge in [0.05, 0.1) is 0 Å². The summed E-state index contributed by atoms with van der Waals surface area (Å²) in [7, 11) is 0. The Morgan fingerprint density at radius 1 is 1.29 bits per heavy atom. The zero-order valence-corrected chi connectivity index (χ0v) is 12.1. The predicted octanol–water partition coefficient (Wildman–Crippen LogP) is 3.83. The zero-order valence-electron chi connectivity index (χ0n) is 11.3. The van der Waals surface area contributed by atoms with E-state index in [1.54, 1.807) is 0 Å². The molecule has 96 valence electrons. The van der Waals surface area contributed by atoms with Crippen LogP contribution in [-0.2, 0) is 5.41 Å². The Bertz CT molecular complexity index is 361. The van der Waals surface area contributed by atoms with Crippen LogP contribution < -0.4 is 5.32 Å². The van der Waals surface area contributed by atoms with Gasteiger partial charge in [-0.3, -0.25) is 0 Å². The molecule has 1 fully saturated rings. The molecule has 1 aromatic rings. The maximum absolute atomic E-state index is 4.59. The highest BCUT2D eigenvalue weighted by atomic mass is 32.1. The highest BCUT2D eigenvalue weighted by Crippen LogP contribution is 2.30. The molecule has 0 aliphatic heterocycles. The maximum Gasteiger partial charge on any atom is 0.202 e. The molecular formula is C13H23N3S. The first-order chi connectivity index (χ1) is 7.97. The molecule has 1 saturated carbocycles. The lowest BCUT2D eigenvalue weighted by atomic mass is 9.96. The van der Waals surface area contributed by atoms with E-state index in [0.29, 0.717) is 6.04 Å². The average Bonchev–Trinajstić information content (AvgIpc) is 2.85. The van der Waals surface area contributed by atoms with Crippen LogP contribution in [0.2, 0.25) is 0 Å². The van der Waals surface area contributed by atoms with Crippen LogP contribution in [0.4, 0.5) is 5.13 Å². The van der Waals surface area contributed by atoms with Crippen molar-refractivity contribution in [3.63, 3.8) is 0 Å². The van der Waals surface area contributed by atoms with E-state index in [2.05, 4.69) is 42.4 Å². The minimum absolute atomic E-state index is 0.0486. The number of aromatic nitrogens is 2. The lowest BCUT2D eigenvalue weighted by Crippen LogP contribution is -2.23. The first-order valence-electron chi connectivity index (χ1n) is 6.57. The maximum atomic E-state index is 4.59. The second-order valence-electron chi connectivity index (χ2n) is 6.15. The number of nitrogens with zero attached hydrogens (tertiary/aromatic N) is 2. The van der Waals surface area contributed by atoms with Crippen molar-refractivity contribution >= 4 is 16.7 Å². The third-order valence-electron chi connectivity index (χ3n) is 3.55. The summed E-state index contributed by atoms with van der Waals surface area (Å²) in [6.07, 6.45) is 5.50. The van der Waals surface area contributed by atoms with Gasteiger partial charge < -0.3 is 5.32 Å². The average molecular weight is 253 g/mol. The van der Waals surface area contributed by atoms with Crippen LogP contribution in [0.25, 0.3) is 0 Å². The topological polar surface area (TPSA) is 37.8 Å². The molecule has 0 saturated heterocycles. The molecule has 1 N–H and O–H groups in total. The van der Waals surface area contributed by atoms with Gasteiger partial charge in [-0.05, 0) is 25.7 Å². The molecule has 0 spiro atoms. The van der Waals surface area contributed by atoms with Crippen molar-refractivity contribution < 1.29 is 0 Å². The van der Waals surface area contributed by atoms with Gasteiger partial charge in [-0.2, -0.15) is 4.37 Å². The number of nitrogens with one attached hydrogen (secondary N) is 1. The molecular weight excluding hydrogens is 230 g/mol. The van der Waals surface area contributed by atoms with Crippen molar-refractivity contribution in [3.05, 3.63) is 5.82 Å². The second kappa shape index (κ2) is 4.92. The van der Waals surface area contributed by atoms with Gasteiger partial charge in [-0.1, -0.05) is 33.6 Å². The van der Waals surface area contributed by atoms with E-state index >= 15 is 0 Å². The molecule has 0 radical (unpaired) electrons. The summed E-state index contributed by atoms with van der Waals surface area (Å²) in [4.78, 5) is 4.59. The number of hydrogen-bond donors (Lipinski definition) is 1. The van der Waals surface area contributed by atoms with E-state index in [1.165, 1.54) is 37.2 Å². The first kappa shape index (κ1) is 12.8. The standard InChI is InChI=1S/C13H23N3S/c1-9(10-7-5-6-8-10)14-12-15-11(16-17-12)13(2,3)4/h9-10H,5-8H2,1-4H3,(H,14,15,16). The molecule has 4 heteroatoms. The van der Waals surface area contributed by atoms with Crippen LogP contribution >= 0.6 is 11.5 Å². The normalized spacial score (nSPS) is 19.5. The Kier molecular flexibility index (Phi) is 3.71. The van der Waals surface area contributed by atoms with Crippen molar-refractivity contribution in [2.75, 3.05) is 5.32 Å². The second-order valence-corrected chi connectivity index (χ2v) is 6.90. The van der Waals surface area contributed by atoms with Gasteiger partial charge in [0.15, 0.2) is 0 Å². The summed E-state index contributed by atoms with van der Waals surface area (Å²) in [6, 6.07) is 0.526. The molecule has 17 heavy (non-hydrogen) atoms. The minimum atomic E-state index is 0.0486. The van der Waals surface area contributed by atoms with E-state index in [1.807, 2.05) is 0 Å². The van der Waals surface area contributed by atoms with Gasteiger partial charge in [-0.15, -0.1) is 0 Å². The van der Waals surface area contributed by atoms with Crippen LogP contribution in [0.1, 0.15) is 59.2 Å². The molecule has 0 bridgehead atoms.